The Balaban J connectivity index is 1.62. The van der Waals surface area contributed by atoms with Crippen molar-refractivity contribution in [3.63, 3.8) is 0 Å². The summed E-state index contributed by atoms with van der Waals surface area (Å²) in [6, 6.07) is 8.30. The minimum absolute atomic E-state index is 0.0919. The Bertz CT molecular complexity index is 973. The molecule has 0 saturated carbocycles. The van der Waals surface area contributed by atoms with Crippen molar-refractivity contribution in [3.8, 4) is 11.5 Å². The predicted octanol–water partition coefficient (Wildman–Crippen LogP) is 2.38. The Hall–Kier alpha value is -2.65. The summed E-state index contributed by atoms with van der Waals surface area (Å²) < 4.78 is 37.5. The molecule has 8 nitrogen and oxygen atoms in total. The molecule has 0 bridgehead atoms. The van der Waals surface area contributed by atoms with Crippen molar-refractivity contribution in [1.29, 1.82) is 0 Å². The van der Waals surface area contributed by atoms with Gasteiger partial charge in [-0.15, -0.1) is 0 Å². The summed E-state index contributed by atoms with van der Waals surface area (Å²) in [4.78, 5) is 16.9. The van der Waals surface area contributed by atoms with Crippen LogP contribution in [0.15, 0.2) is 47.6 Å². The highest BCUT2D eigenvalue weighted by molar-refractivity contribution is 7.89. The Labute approximate surface area is 177 Å². The summed E-state index contributed by atoms with van der Waals surface area (Å²) in [5, 5.41) is 3.02. The average Bonchev–Trinajstić information content (AvgIpc) is 2.79. The number of amides is 1. The molecule has 2 aromatic rings. The SMILES string of the molecule is COc1ccc(OC)c(C(C)NC(=O)C2CCN(S(=O)(=O)c3cccnc3)CC2)c1. The van der Waals surface area contributed by atoms with Gasteiger partial charge in [0.25, 0.3) is 0 Å². The van der Waals surface area contributed by atoms with Gasteiger partial charge in [0.05, 0.1) is 20.3 Å². The summed E-state index contributed by atoms with van der Waals surface area (Å²) in [6.07, 6.45) is 3.81. The van der Waals surface area contributed by atoms with Gasteiger partial charge in [-0.25, -0.2) is 8.42 Å². The van der Waals surface area contributed by atoms with Gasteiger partial charge >= 0.3 is 0 Å². The fourth-order valence-corrected chi connectivity index (χ4v) is 5.03. The van der Waals surface area contributed by atoms with Crippen LogP contribution in [-0.4, -0.2) is 50.9 Å². The fraction of sp³-hybridized carbons (Fsp3) is 0.429. The highest BCUT2D eigenvalue weighted by Gasteiger charge is 2.32. The van der Waals surface area contributed by atoms with Crippen molar-refractivity contribution < 1.29 is 22.7 Å². The largest absolute Gasteiger partial charge is 0.497 e. The number of carbonyl (C=O) groups is 1. The van der Waals surface area contributed by atoms with Gasteiger partial charge in [-0.05, 0) is 50.1 Å². The molecule has 1 aliphatic heterocycles. The molecular formula is C21H27N3O5S. The van der Waals surface area contributed by atoms with E-state index in [1.165, 1.54) is 22.8 Å². The maximum Gasteiger partial charge on any atom is 0.244 e. The first-order chi connectivity index (χ1) is 14.4. The van der Waals surface area contributed by atoms with E-state index in [0.717, 1.165) is 5.56 Å². The van der Waals surface area contributed by atoms with Crippen molar-refractivity contribution >= 4 is 15.9 Å². The number of ether oxygens (including phenoxy) is 2. The molecule has 30 heavy (non-hydrogen) atoms. The normalized spacial score (nSPS) is 16.6. The number of hydrogen-bond donors (Lipinski definition) is 1. The number of methoxy groups -OCH3 is 2. The summed E-state index contributed by atoms with van der Waals surface area (Å²) in [6.45, 7) is 2.48. The third-order valence-electron chi connectivity index (χ3n) is 5.36. The number of benzene rings is 1. The molecule has 162 valence electrons. The molecule has 1 unspecified atom stereocenters. The number of nitrogens with zero attached hydrogens (tertiary/aromatic N) is 2. The molecule has 1 atom stereocenters. The highest BCUT2D eigenvalue weighted by atomic mass is 32.2. The molecule has 2 heterocycles. The van der Waals surface area contributed by atoms with Gasteiger partial charge in [0, 0.05) is 37.0 Å². The molecule has 1 fully saturated rings. The summed E-state index contributed by atoms with van der Waals surface area (Å²) >= 11 is 0. The number of carbonyl (C=O) groups excluding carboxylic acids is 1. The summed E-state index contributed by atoms with van der Waals surface area (Å²) in [5.74, 6) is 1.01. The van der Waals surface area contributed by atoms with E-state index in [-0.39, 0.29) is 22.8 Å². The molecule has 1 aliphatic rings. The molecule has 3 rings (SSSR count). The molecule has 0 spiro atoms. The second-order valence-corrected chi connectivity index (χ2v) is 9.14. The molecule has 1 N–H and O–H groups in total. The summed E-state index contributed by atoms with van der Waals surface area (Å²) in [5.41, 5.74) is 0.821. The van der Waals surface area contributed by atoms with Crippen LogP contribution in [0.2, 0.25) is 0 Å². The van der Waals surface area contributed by atoms with E-state index >= 15 is 0 Å². The zero-order valence-corrected chi connectivity index (χ0v) is 18.2. The molecule has 1 amide bonds. The molecule has 1 saturated heterocycles. The number of piperidine rings is 1. The van der Waals surface area contributed by atoms with Crippen LogP contribution in [0, 0.1) is 5.92 Å². The van der Waals surface area contributed by atoms with Crippen LogP contribution in [0.4, 0.5) is 0 Å². The van der Waals surface area contributed by atoms with Crippen LogP contribution in [0.1, 0.15) is 31.4 Å². The Morgan fingerprint density at radius 2 is 1.93 bits per heavy atom. The van der Waals surface area contributed by atoms with Gasteiger partial charge in [0.15, 0.2) is 0 Å². The lowest BCUT2D eigenvalue weighted by molar-refractivity contribution is -0.126. The van der Waals surface area contributed by atoms with Crippen molar-refractivity contribution in [1.82, 2.24) is 14.6 Å². The second kappa shape index (κ2) is 9.44. The van der Waals surface area contributed by atoms with Crippen molar-refractivity contribution in [2.75, 3.05) is 27.3 Å². The zero-order valence-electron chi connectivity index (χ0n) is 17.4. The predicted molar refractivity (Wildman–Crippen MR) is 112 cm³/mol. The topological polar surface area (TPSA) is 97.8 Å². The minimum atomic E-state index is -3.59. The number of pyridine rings is 1. The first-order valence-corrected chi connectivity index (χ1v) is 11.2. The highest BCUT2D eigenvalue weighted by Crippen LogP contribution is 2.30. The lowest BCUT2D eigenvalue weighted by Gasteiger charge is -2.31. The van der Waals surface area contributed by atoms with Crippen LogP contribution in [0.3, 0.4) is 0 Å². The number of sulfonamides is 1. The number of hydrogen-bond acceptors (Lipinski definition) is 6. The molecule has 0 aliphatic carbocycles. The van der Waals surface area contributed by atoms with E-state index < -0.39 is 10.0 Å². The van der Waals surface area contributed by atoms with E-state index in [0.29, 0.717) is 37.4 Å². The fourth-order valence-electron chi connectivity index (χ4n) is 3.59. The van der Waals surface area contributed by atoms with Crippen LogP contribution < -0.4 is 14.8 Å². The molecule has 1 aromatic heterocycles. The van der Waals surface area contributed by atoms with Gasteiger partial charge in [-0.1, -0.05) is 0 Å². The molecule has 9 heteroatoms. The first-order valence-electron chi connectivity index (χ1n) is 9.79. The van der Waals surface area contributed by atoms with E-state index in [4.69, 9.17) is 9.47 Å². The Morgan fingerprint density at radius 3 is 2.53 bits per heavy atom. The monoisotopic (exact) mass is 433 g/mol. The van der Waals surface area contributed by atoms with E-state index in [9.17, 15) is 13.2 Å². The van der Waals surface area contributed by atoms with Gasteiger partial charge in [-0.3, -0.25) is 9.78 Å². The van der Waals surface area contributed by atoms with Crippen LogP contribution in [0.25, 0.3) is 0 Å². The Morgan fingerprint density at radius 1 is 1.20 bits per heavy atom. The van der Waals surface area contributed by atoms with Crippen LogP contribution in [-0.2, 0) is 14.8 Å². The number of aromatic nitrogens is 1. The van der Waals surface area contributed by atoms with Gasteiger partial charge in [0.2, 0.25) is 15.9 Å². The lowest BCUT2D eigenvalue weighted by Crippen LogP contribution is -2.43. The maximum absolute atomic E-state index is 12.8. The first kappa shape index (κ1) is 22.0. The lowest BCUT2D eigenvalue weighted by atomic mass is 9.96. The van der Waals surface area contributed by atoms with Crippen LogP contribution in [0.5, 0.6) is 11.5 Å². The van der Waals surface area contributed by atoms with Crippen molar-refractivity contribution in [3.05, 3.63) is 48.3 Å². The zero-order chi connectivity index (χ0) is 21.7. The summed E-state index contributed by atoms with van der Waals surface area (Å²) in [7, 11) is -0.418. The van der Waals surface area contributed by atoms with Crippen molar-refractivity contribution in [2.45, 2.75) is 30.7 Å². The van der Waals surface area contributed by atoms with E-state index in [2.05, 4.69) is 10.3 Å². The molecule has 0 radical (unpaired) electrons. The third kappa shape index (κ3) is 4.73. The third-order valence-corrected chi connectivity index (χ3v) is 7.24. The quantitative estimate of drug-likeness (QED) is 0.720. The van der Waals surface area contributed by atoms with E-state index in [1.807, 2.05) is 13.0 Å². The van der Waals surface area contributed by atoms with E-state index in [1.54, 1.807) is 32.4 Å². The van der Waals surface area contributed by atoms with Gasteiger partial charge in [-0.2, -0.15) is 4.31 Å². The van der Waals surface area contributed by atoms with Gasteiger partial charge in [0.1, 0.15) is 16.4 Å². The van der Waals surface area contributed by atoms with Gasteiger partial charge < -0.3 is 14.8 Å². The second-order valence-electron chi connectivity index (χ2n) is 7.21. The number of rotatable bonds is 7. The molecular weight excluding hydrogens is 406 g/mol. The smallest absolute Gasteiger partial charge is 0.244 e. The Kier molecular flexibility index (Phi) is 6.94. The van der Waals surface area contributed by atoms with Crippen LogP contribution >= 0.6 is 0 Å². The average molecular weight is 434 g/mol. The van der Waals surface area contributed by atoms with Crippen molar-refractivity contribution in [2.24, 2.45) is 5.92 Å². The molecule has 1 aromatic carbocycles. The minimum Gasteiger partial charge on any atom is -0.497 e. The maximum atomic E-state index is 12.8. The number of nitrogens with one attached hydrogen (secondary N) is 1. The standard InChI is InChI=1S/C21H27N3O5S/c1-15(19-13-17(28-2)6-7-20(19)29-3)23-21(25)16-8-11-24(12-9-16)30(26,27)18-5-4-10-22-14-18/h4-7,10,13-16H,8-9,11-12H2,1-3H3,(H,23,25).